The van der Waals surface area contributed by atoms with E-state index in [1.807, 2.05) is 17.7 Å². The molecule has 3 rings (SSSR count). The number of aryl methyl sites for hydroxylation is 1. The number of hydrogen-bond donors (Lipinski definition) is 2. The van der Waals surface area contributed by atoms with Gasteiger partial charge in [-0.15, -0.1) is 0 Å². The summed E-state index contributed by atoms with van der Waals surface area (Å²) in [7, 11) is 1.74. The number of nitrogens with zero attached hydrogens (tertiary/aromatic N) is 2. The fourth-order valence-electron chi connectivity index (χ4n) is 2.81. The van der Waals surface area contributed by atoms with Crippen LogP contribution in [0.5, 0.6) is 0 Å². The number of anilines is 1. The van der Waals surface area contributed by atoms with Gasteiger partial charge in [-0.1, -0.05) is 6.92 Å². The normalized spacial score (nSPS) is 13.8. The van der Waals surface area contributed by atoms with Crippen LogP contribution in [0, 0.1) is 0 Å². The third-order valence-electron chi connectivity index (χ3n) is 3.77. The molecule has 0 amide bonds. The highest BCUT2D eigenvalue weighted by Gasteiger charge is 2.24. The SMILES string of the molecule is CCCn1cc2c3c(cc(C(=O)O)cc31)N(C)SC(C(=O)O)=C2. The van der Waals surface area contributed by atoms with E-state index in [1.54, 1.807) is 29.6 Å². The third kappa shape index (κ3) is 2.57. The highest BCUT2D eigenvalue weighted by Crippen LogP contribution is 2.41. The minimum absolute atomic E-state index is 0.195. The first-order valence-electron chi connectivity index (χ1n) is 7.19. The Bertz CT molecular complexity index is 853. The van der Waals surface area contributed by atoms with Crippen molar-refractivity contribution in [3.05, 3.63) is 34.4 Å². The van der Waals surface area contributed by atoms with Gasteiger partial charge in [0.15, 0.2) is 0 Å². The Balaban J connectivity index is 2.35. The number of aromatic carboxylic acids is 1. The largest absolute Gasteiger partial charge is 0.478 e. The molecule has 0 unspecified atom stereocenters. The van der Waals surface area contributed by atoms with Crippen molar-refractivity contribution in [1.82, 2.24) is 4.57 Å². The molecule has 2 heterocycles. The second kappa shape index (κ2) is 5.66. The first-order chi connectivity index (χ1) is 10.9. The lowest BCUT2D eigenvalue weighted by Gasteiger charge is -2.18. The fourth-order valence-corrected chi connectivity index (χ4v) is 3.60. The van der Waals surface area contributed by atoms with Gasteiger partial charge in [0.2, 0.25) is 0 Å². The molecule has 0 bridgehead atoms. The van der Waals surface area contributed by atoms with Crippen molar-refractivity contribution in [2.45, 2.75) is 19.9 Å². The molecule has 0 saturated carbocycles. The molecule has 6 nitrogen and oxygen atoms in total. The molecule has 0 spiro atoms. The molecule has 1 aromatic heterocycles. The molecule has 0 radical (unpaired) electrons. The summed E-state index contributed by atoms with van der Waals surface area (Å²) in [5.74, 6) is -1.99. The summed E-state index contributed by atoms with van der Waals surface area (Å²) in [5.41, 5.74) is 2.52. The number of carboxylic acids is 2. The standard InChI is InChI=1S/C16H16N2O4S/c1-3-4-18-8-10-7-13(16(21)22)23-17(2)11-5-9(15(19)20)6-12(18)14(10)11/h5-8H,3-4H2,1-2H3,(H,19,20)(H,21,22). The Morgan fingerprint density at radius 1 is 1.22 bits per heavy atom. The lowest BCUT2D eigenvalue weighted by Crippen LogP contribution is -2.11. The van der Waals surface area contributed by atoms with Crippen LogP contribution in [0.4, 0.5) is 5.69 Å². The minimum Gasteiger partial charge on any atom is -0.478 e. The van der Waals surface area contributed by atoms with Gasteiger partial charge in [-0.2, -0.15) is 0 Å². The van der Waals surface area contributed by atoms with Crippen molar-refractivity contribution in [2.24, 2.45) is 0 Å². The lowest BCUT2D eigenvalue weighted by atomic mass is 10.1. The Labute approximate surface area is 137 Å². The van der Waals surface area contributed by atoms with Crippen molar-refractivity contribution in [3.63, 3.8) is 0 Å². The monoisotopic (exact) mass is 332 g/mol. The fraction of sp³-hybridized carbons (Fsp3) is 0.250. The van der Waals surface area contributed by atoms with E-state index in [0.29, 0.717) is 5.69 Å². The molecule has 2 N–H and O–H groups in total. The number of aromatic nitrogens is 1. The van der Waals surface area contributed by atoms with E-state index in [1.165, 1.54) is 0 Å². The molecule has 2 aromatic rings. The van der Waals surface area contributed by atoms with Crippen LogP contribution in [0.1, 0.15) is 29.3 Å². The van der Waals surface area contributed by atoms with Crippen LogP contribution in [0.3, 0.4) is 0 Å². The molecule has 1 aromatic carbocycles. The van der Waals surface area contributed by atoms with Crippen LogP contribution in [0.2, 0.25) is 0 Å². The smallest absolute Gasteiger partial charge is 0.344 e. The van der Waals surface area contributed by atoms with Crippen molar-refractivity contribution in [2.75, 3.05) is 11.4 Å². The summed E-state index contributed by atoms with van der Waals surface area (Å²) in [6, 6.07) is 3.24. The molecule has 0 atom stereocenters. The molecule has 120 valence electrons. The molecule has 0 fully saturated rings. The predicted octanol–water partition coefficient (Wildman–Crippen LogP) is 3.27. The molecule has 23 heavy (non-hydrogen) atoms. The average molecular weight is 332 g/mol. The van der Waals surface area contributed by atoms with E-state index in [4.69, 9.17) is 0 Å². The van der Waals surface area contributed by atoms with Gasteiger partial charge in [0, 0.05) is 30.7 Å². The number of hydrogen-bond acceptors (Lipinski definition) is 4. The zero-order chi connectivity index (χ0) is 16.7. The van der Waals surface area contributed by atoms with Crippen LogP contribution in [0.25, 0.3) is 17.0 Å². The van der Waals surface area contributed by atoms with Gasteiger partial charge in [-0.3, -0.25) is 0 Å². The van der Waals surface area contributed by atoms with E-state index < -0.39 is 11.9 Å². The van der Waals surface area contributed by atoms with Crippen LogP contribution >= 0.6 is 11.9 Å². The summed E-state index contributed by atoms with van der Waals surface area (Å²) in [4.78, 5) is 23.0. The number of aliphatic carboxylic acids is 1. The molecule has 0 aliphatic carbocycles. The van der Waals surface area contributed by atoms with Crippen molar-refractivity contribution in [1.29, 1.82) is 0 Å². The van der Waals surface area contributed by atoms with E-state index in [2.05, 4.69) is 0 Å². The highest BCUT2D eigenvalue weighted by atomic mass is 32.2. The van der Waals surface area contributed by atoms with Crippen LogP contribution < -0.4 is 4.31 Å². The number of carboxylic acid groups (broad SMARTS) is 2. The maximum atomic E-state index is 11.4. The van der Waals surface area contributed by atoms with Gasteiger partial charge in [0.1, 0.15) is 4.91 Å². The summed E-state index contributed by atoms with van der Waals surface area (Å²) >= 11 is 1.08. The van der Waals surface area contributed by atoms with Gasteiger partial charge in [-0.05, 0) is 36.6 Å². The van der Waals surface area contributed by atoms with E-state index in [0.717, 1.165) is 41.4 Å². The van der Waals surface area contributed by atoms with Crippen molar-refractivity contribution < 1.29 is 19.8 Å². The van der Waals surface area contributed by atoms with Gasteiger partial charge >= 0.3 is 11.9 Å². The number of benzene rings is 1. The maximum Gasteiger partial charge on any atom is 0.344 e. The van der Waals surface area contributed by atoms with Gasteiger partial charge in [0.05, 0.1) is 16.8 Å². The first kappa shape index (κ1) is 15.5. The van der Waals surface area contributed by atoms with Crippen molar-refractivity contribution >= 4 is 46.6 Å². The maximum absolute atomic E-state index is 11.4. The Morgan fingerprint density at radius 3 is 2.57 bits per heavy atom. The Morgan fingerprint density at radius 2 is 1.96 bits per heavy atom. The van der Waals surface area contributed by atoms with E-state index >= 15 is 0 Å². The number of rotatable bonds is 4. The molecular formula is C16H16N2O4S. The van der Waals surface area contributed by atoms with Gasteiger partial charge < -0.3 is 19.1 Å². The molecular weight excluding hydrogens is 316 g/mol. The van der Waals surface area contributed by atoms with E-state index in [9.17, 15) is 19.8 Å². The summed E-state index contributed by atoms with van der Waals surface area (Å²) in [6.07, 6.45) is 4.44. The van der Waals surface area contributed by atoms with Crippen LogP contribution in [0.15, 0.2) is 23.2 Å². The number of carbonyl (C=O) groups is 2. The molecule has 0 saturated heterocycles. The van der Waals surface area contributed by atoms with Crippen molar-refractivity contribution in [3.8, 4) is 0 Å². The highest BCUT2D eigenvalue weighted by molar-refractivity contribution is 8.05. The average Bonchev–Trinajstić information content (AvgIpc) is 2.76. The zero-order valence-corrected chi connectivity index (χ0v) is 13.6. The molecule has 1 aliphatic rings. The summed E-state index contributed by atoms with van der Waals surface area (Å²) in [5, 5.41) is 19.6. The topological polar surface area (TPSA) is 82.8 Å². The lowest BCUT2D eigenvalue weighted by molar-refractivity contribution is -0.131. The predicted molar refractivity (Wildman–Crippen MR) is 90.8 cm³/mol. The summed E-state index contributed by atoms with van der Waals surface area (Å²) in [6.45, 7) is 2.78. The van der Waals surface area contributed by atoms with E-state index in [-0.39, 0.29) is 10.5 Å². The van der Waals surface area contributed by atoms with Gasteiger partial charge in [0.25, 0.3) is 0 Å². The Kier molecular flexibility index (Phi) is 3.81. The molecule has 7 heteroatoms. The zero-order valence-electron chi connectivity index (χ0n) is 12.7. The summed E-state index contributed by atoms with van der Waals surface area (Å²) < 4.78 is 3.70. The second-order valence-corrected chi connectivity index (χ2v) is 6.55. The quantitative estimate of drug-likeness (QED) is 0.836. The minimum atomic E-state index is -0.997. The second-order valence-electron chi connectivity index (χ2n) is 5.37. The van der Waals surface area contributed by atoms with Gasteiger partial charge in [-0.25, -0.2) is 9.59 Å². The van der Waals surface area contributed by atoms with Crippen LogP contribution in [-0.4, -0.2) is 33.8 Å². The first-order valence-corrected chi connectivity index (χ1v) is 7.96. The third-order valence-corrected chi connectivity index (χ3v) is 4.73. The molecule has 1 aliphatic heterocycles. The Hall–Kier alpha value is -2.41. The van der Waals surface area contributed by atoms with Crippen LogP contribution in [-0.2, 0) is 11.3 Å².